The van der Waals surface area contributed by atoms with Crippen molar-refractivity contribution < 1.29 is 9.53 Å². The van der Waals surface area contributed by atoms with Crippen molar-refractivity contribution in [1.29, 1.82) is 5.26 Å². The molecule has 0 bridgehead atoms. The van der Waals surface area contributed by atoms with Gasteiger partial charge in [-0.3, -0.25) is 4.79 Å². The van der Waals surface area contributed by atoms with Crippen LogP contribution in [0, 0.1) is 25.2 Å². The van der Waals surface area contributed by atoms with Crippen LogP contribution in [0.1, 0.15) is 29.2 Å². The smallest absolute Gasteiger partial charge is 0.224 e. The van der Waals surface area contributed by atoms with Gasteiger partial charge in [-0.25, -0.2) is 0 Å². The first-order chi connectivity index (χ1) is 11.9. The van der Waals surface area contributed by atoms with E-state index in [2.05, 4.69) is 5.32 Å². The highest BCUT2D eigenvalue weighted by Gasteiger charge is 2.18. The standard InChI is InChI=1S/C19H18Cl2N2O2/c1-12-5-3-8-17(13(12)2)25-10-9-18(24)23-16(11-22)14-6-4-7-15(20)19(14)21/h3-8,16H,9-10H2,1-2H3,(H,23,24). The molecule has 0 aliphatic rings. The molecule has 130 valence electrons. The van der Waals surface area contributed by atoms with Crippen LogP contribution in [0.5, 0.6) is 5.75 Å². The van der Waals surface area contributed by atoms with E-state index in [9.17, 15) is 10.1 Å². The Balaban J connectivity index is 1.94. The van der Waals surface area contributed by atoms with Crippen LogP contribution in [-0.4, -0.2) is 12.5 Å². The lowest BCUT2D eigenvalue weighted by Gasteiger charge is -2.15. The van der Waals surface area contributed by atoms with Crippen molar-refractivity contribution in [3.05, 3.63) is 63.1 Å². The number of hydrogen-bond acceptors (Lipinski definition) is 3. The molecule has 1 amide bonds. The number of nitriles is 1. The fourth-order valence-electron chi connectivity index (χ4n) is 2.29. The maximum Gasteiger partial charge on any atom is 0.224 e. The van der Waals surface area contributed by atoms with E-state index >= 15 is 0 Å². The Morgan fingerprint density at radius 3 is 2.68 bits per heavy atom. The van der Waals surface area contributed by atoms with E-state index in [1.807, 2.05) is 38.1 Å². The molecule has 0 heterocycles. The van der Waals surface area contributed by atoms with Gasteiger partial charge in [-0.05, 0) is 37.1 Å². The van der Waals surface area contributed by atoms with Gasteiger partial charge < -0.3 is 10.1 Å². The fraction of sp³-hybridized carbons (Fsp3) is 0.263. The zero-order chi connectivity index (χ0) is 18.4. The van der Waals surface area contributed by atoms with Crippen molar-refractivity contribution in [2.24, 2.45) is 0 Å². The van der Waals surface area contributed by atoms with E-state index in [1.54, 1.807) is 18.2 Å². The number of carbonyl (C=O) groups excluding carboxylic acids is 1. The number of carbonyl (C=O) groups is 1. The largest absolute Gasteiger partial charge is 0.493 e. The SMILES string of the molecule is Cc1cccc(OCCC(=O)NC(C#N)c2cccc(Cl)c2Cl)c1C. The Morgan fingerprint density at radius 2 is 1.96 bits per heavy atom. The average Bonchev–Trinajstić information content (AvgIpc) is 2.59. The highest BCUT2D eigenvalue weighted by Crippen LogP contribution is 2.29. The number of amides is 1. The Labute approximate surface area is 157 Å². The molecule has 2 aromatic carbocycles. The lowest BCUT2D eigenvalue weighted by atomic mass is 10.1. The molecule has 0 aliphatic heterocycles. The minimum atomic E-state index is -0.862. The first kappa shape index (κ1) is 19.1. The maximum atomic E-state index is 12.1. The van der Waals surface area contributed by atoms with Gasteiger partial charge in [0.15, 0.2) is 0 Å². The van der Waals surface area contributed by atoms with Crippen molar-refractivity contribution in [3.8, 4) is 11.8 Å². The molecule has 0 saturated carbocycles. The predicted octanol–water partition coefficient (Wildman–Crippen LogP) is 4.76. The highest BCUT2D eigenvalue weighted by molar-refractivity contribution is 6.42. The van der Waals surface area contributed by atoms with Gasteiger partial charge in [-0.1, -0.05) is 47.5 Å². The summed E-state index contributed by atoms with van der Waals surface area (Å²) in [6.45, 7) is 4.19. The molecule has 1 N–H and O–H groups in total. The molecule has 2 aromatic rings. The monoisotopic (exact) mass is 376 g/mol. The summed E-state index contributed by atoms with van der Waals surface area (Å²) in [6, 6.07) is 11.9. The van der Waals surface area contributed by atoms with Crippen LogP contribution in [0.25, 0.3) is 0 Å². The molecule has 0 spiro atoms. The maximum absolute atomic E-state index is 12.1. The molecule has 0 radical (unpaired) electrons. The average molecular weight is 377 g/mol. The second-order valence-electron chi connectivity index (χ2n) is 5.57. The predicted molar refractivity (Wildman–Crippen MR) is 99.0 cm³/mol. The number of halogens is 2. The molecule has 25 heavy (non-hydrogen) atoms. The number of aryl methyl sites for hydroxylation is 1. The topological polar surface area (TPSA) is 62.1 Å². The van der Waals surface area contributed by atoms with Crippen LogP contribution in [-0.2, 0) is 4.79 Å². The molecular formula is C19H18Cl2N2O2. The number of benzene rings is 2. The molecule has 1 unspecified atom stereocenters. The van der Waals surface area contributed by atoms with E-state index in [1.165, 1.54) is 0 Å². The Bertz CT molecular complexity index is 816. The summed E-state index contributed by atoms with van der Waals surface area (Å²) in [5, 5.41) is 12.6. The van der Waals surface area contributed by atoms with Crippen LogP contribution in [0.4, 0.5) is 0 Å². The third-order valence-electron chi connectivity index (χ3n) is 3.87. The molecule has 4 nitrogen and oxygen atoms in total. The van der Waals surface area contributed by atoms with Gasteiger partial charge in [0.05, 0.1) is 29.1 Å². The summed E-state index contributed by atoms with van der Waals surface area (Å²) in [4.78, 5) is 12.1. The summed E-state index contributed by atoms with van der Waals surface area (Å²) in [6.07, 6.45) is 0.129. The van der Waals surface area contributed by atoms with Gasteiger partial charge in [0.1, 0.15) is 11.8 Å². The molecule has 0 aromatic heterocycles. The lowest BCUT2D eigenvalue weighted by Crippen LogP contribution is -2.29. The van der Waals surface area contributed by atoms with Crippen molar-refractivity contribution in [3.63, 3.8) is 0 Å². The number of ether oxygens (including phenoxy) is 1. The first-order valence-corrected chi connectivity index (χ1v) is 8.51. The van der Waals surface area contributed by atoms with Crippen LogP contribution < -0.4 is 10.1 Å². The minimum Gasteiger partial charge on any atom is -0.493 e. The van der Waals surface area contributed by atoms with E-state index in [4.69, 9.17) is 27.9 Å². The van der Waals surface area contributed by atoms with Crippen molar-refractivity contribution in [1.82, 2.24) is 5.32 Å². The van der Waals surface area contributed by atoms with E-state index in [-0.39, 0.29) is 24.0 Å². The minimum absolute atomic E-state index is 0.129. The molecule has 0 aliphatic carbocycles. The quantitative estimate of drug-likeness (QED) is 0.790. The summed E-state index contributed by atoms with van der Waals surface area (Å²) < 4.78 is 5.66. The van der Waals surface area contributed by atoms with Gasteiger partial charge in [0.25, 0.3) is 0 Å². The fourth-order valence-corrected chi connectivity index (χ4v) is 2.71. The second kappa shape index (κ2) is 8.75. The zero-order valence-corrected chi connectivity index (χ0v) is 15.5. The van der Waals surface area contributed by atoms with E-state index in [0.717, 1.165) is 16.9 Å². The summed E-state index contributed by atoms with van der Waals surface area (Å²) in [5.41, 5.74) is 2.64. The molecular weight excluding hydrogens is 359 g/mol. The normalized spacial score (nSPS) is 11.5. The number of nitrogens with one attached hydrogen (secondary N) is 1. The Morgan fingerprint density at radius 1 is 1.24 bits per heavy atom. The molecule has 2 rings (SSSR count). The molecule has 0 saturated heterocycles. The summed E-state index contributed by atoms with van der Waals surface area (Å²) in [7, 11) is 0. The van der Waals surface area contributed by atoms with Crippen molar-refractivity contribution in [2.75, 3.05) is 6.61 Å². The van der Waals surface area contributed by atoms with Crippen LogP contribution >= 0.6 is 23.2 Å². The molecule has 1 atom stereocenters. The van der Waals surface area contributed by atoms with Crippen LogP contribution in [0.2, 0.25) is 10.0 Å². The summed E-state index contributed by atoms with van der Waals surface area (Å²) >= 11 is 12.1. The van der Waals surface area contributed by atoms with Gasteiger partial charge >= 0.3 is 0 Å². The van der Waals surface area contributed by atoms with Crippen LogP contribution in [0.3, 0.4) is 0 Å². The van der Waals surface area contributed by atoms with Crippen LogP contribution in [0.15, 0.2) is 36.4 Å². The van der Waals surface area contributed by atoms with Gasteiger partial charge in [-0.15, -0.1) is 0 Å². The summed E-state index contributed by atoms with van der Waals surface area (Å²) in [5.74, 6) is 0.454. The Kier molecular flexibility index (Phi) is 6.69. The zero-order valence-electron chi connectivity index (χ0n) is 14.0. The highest BCUT2D eigenvalue weighted by atomic mass is 35.5. The number of hydrogen-bond donors (Lipinski definition) is 1. The third-order valence-corrected chi connectivity index (χ3v) is 4.70. The first-order valence-electron chi connectivity index (χ1n) is 7.76. The van der Waals surface area contributed by atoms with E-state index < -0.39 is 6.04 Å². The molecule has 0 fully saturated rings. The second-order valence-corrected chi connectivity index (χ2v) is 6.35. The van der Waals surface area contributed by atoms with Gasteiger partial charge in [-0.2, -0.15) is 5.26 Å². The van der Waals surface area contributed by atoms with Gasteiger partial charge in [0, 0.05) is 5.56 Å². The lowest BCUT2D eigenvalue weighted by molar-refractivity contribution is -0.122. The Hall–Kier alpha value is -2.22. The molecule has 6 heteroatoms. The van der Waals surface area contributed by atoms with Crippen molar-refractivity contribution in [2.45, 2.75) is 26.3 Å². The number of nitrogens with zero attached hydrogens (tertiary/aromatic N) is 1. The van der Waals surface area contributed by atoms with E-state index in [0.29, 0.717) is 10.6 Å². The van der Waals surface area contributed by atoms with Crippen molar-refractivity contribution >= 4 is 29.1 Å². The number of rotatable bonds is 6. The van der Waals surface area contributed by atoms with Gasteiger partial charge in [0.2, 0.25) is 5.91 Å². The third kappa shape index (κ3) is 4.88.